The van der Waals surface area contributed by atoms with Gasteiger partial charge in [0.25, 0.3) is 0 Å². The third kappa shape index (κ3) is 12.3. The first-order valence-electron chi connectivity index (χ1n) is 8.06. The molecule has 0 aromatic heterocycles. The number of unbranched alkanes of at least 4 members (excludes halogenated alkanes) is 8. The molecule has 0 aliphatic rings. The van der Waals surface area contributed by atoms with E-state index in [-0.39, 0.29) is 18.3 Å². The molecule has 0 unspecified atom stereocenters. The Labute approximate surface area is 128 Å². The normalized spacial score (nSPS) is 11.4. The van der Waals surface area contributed by atoms with Crippen molar-refractivity contribution < 1.29 is 19.1 Å². The maximum Gasteiger partial charge on any atom is 0.197 e. The van der Waals surface area contributed by atoms with Crippen LogP contribution in [0, 0.1) is 0 Å². The first-order valence-corrected chi connectivity index (χ1v) is 8.06. The van der Waals surface area contributed by atoms with Crippen molar-refractivity contribution in [2.75, 3.05) is 13.9 Å². The number of rotatable bonds is 15. The second kappa shape index (κ2) is 15.2. The smallest absolute Gasteiger partial charge is 0.197 e. The molecule has 4 nitrogen and oxygen atoms in total. The Morgan fingerprint density at radius 1 is 0.952 bits per heavy atom. The summed E-state index contributed by atoms with van der Waals surface area (Å²) in [4.78, 5) is 22.3. The highest BCUT2D eigenvalue weighted by molar-refractivity contribution is 5.96. The Kier molecular flexibility index (Phi) is 14.4. The van der Waals surface area contributed by atoms with Crippen LogP contribution in [0.3, 0.4) is 0 Å². The number of hydrogen-bond acceptors (Lipinski definition) is 4. The molecule has 0 saturated heterocycles. The second-order valence-electron chi connectivity index (χ2n) is 5.22. The van der Waals surface area contributed by atoms with Crippen molar-refractivity contribution >= 4 is 12.1 Å². The van der Waals surface area contributed by atoms with E-state index in [9.17, 15) is 9.59 Å². The van der Waals surface area contributed by atoms with Gasteiger partial charge in [0.05, 0.1) is 0 Å². The summed E-state index contributed by atoms with van der Waals surface area (Å²) >= 11 is 0. The Balaban J connectivity index is 3.63. The van der Waals surface area contributed by atoms with Gasteiger partial charge in [-0.1, -0.05) is 58.3 Å². The van der Waals surface area contributed by atoms with Gasteiger partial charge in [-0.05, 0) is 6.42 Å². The number of hydrogen-bond donors (Lipinski definition) is 0. The molecule has 0 spiro atoms. The second-order valence-corrected chi connectivity index (χ2v) is 5.22. The molecule has 0 rings (SSSR count). The number of carbonyl (C=O) groups is 2. The van der Waals surface area contributed by atoms with Crippen LogP contribution in [-0.4, -0.2) is 26.0 Å². The molecule has 0 fully saturated rings. The molecule has 122 valence electrons. The van der Waals surface area contributed by atoms with E-state index in [1.165, 1.54) is 52.1 Å². The van der Waals surface area contributed by atoms with Gasteiger partial charge in [0.15, 0.2) is 18.3 Å². The van der Waals surface area contributed by atoms with E-state index in [1.54, 1.807) is 0 Å². The molecular formula is C17H30O4. The molecule has 0 bridgehead atoms. The standard InChI is InChI=1S/C17H30O4/c1-3-4-5-6-7-8-9-10-11-12-16(19)17(13-14-18)21-15-20-2/h13-14H,3-12,15H2,1-2H3/b17-13+. The number of allylic oxidation sites excluding steroid dienone is 2. The predicted molar refractivity (Wildman–Crippen MR) is 84.0 cm³/mol. The van der Waals surface area contributed by atoms with Crippen molar-refractivity contribution in [3.05, 3.63) is 11.8 Å². The van der Waals surface area contributed by atoms with Crippen molar-refractivity contribution in [3.8, 4) is 0 Å². The van der Waals surface area contributed by atoms with Crippen LogP contribution in [0.1, 0.15) is 71.1 Å². The zero-order chi connectivity index (χ0) is 15.8. The van der Waals surface area contributed by atoms with Crippen molar-refractivity contribution in [2.45, 2.75) is 71.1 Å². The van der Waals surface area contributed by atoms with E-state index < -0.39 is 0 Å². The summed E-state index contributed by atoms with van der Waals surface area (Å²) in [6.07, 6.45) is 13.1. The van der Waals surface area contributed by atoms with Crippen molar-refractivity contribution in [3.63, 3.8) is 0 Å². The van der Waals surface area contributed by atoms with Gasteiger partial charge in [0.1, 0.15) is 6.29 Å². The number of Topliss-reactive ketones (excluding diaryl/α,β-unsaturated/α-hetero) is 1. The van der Waals surface area contributed by atoms with E-state index in [0.29, 0.717) is 12.7 Å². The molecule has 0 atom stereocenters. The Hall–Kier alpha value is -1.16. The minimum absolute atomic E-state index is 0.0107. The summed E-state index contributed by atoms with van der Waals surface area (Å²) in [5.74, 6) is -0.0199. The molecular weight excluding hydrogens is 268 g/mol. The molecule has 0 saturated carbocycles. The molecule has 0 heterocycles. The predicted octanol–water partition coefficient (Wildman–Crippen LogP) is 4.18. The molecule has 0 aliphatic heterocycles. The third-order valence-corrected chi connectivity index (χ3v) is 3.33. The van der Waals surface area contributed by atoms with Gasteiger partial charge in [-0.15, -0.1) is 0 Å². The van der Waals surface area contributed by atoms with E-state index >= 15 is 0 Å². The zero-order valence-electron chi connectivity index (χ0n) is 13.6. The monoisotopic (exact) mass is 298 g/mol. The number of carbonyl (C=O) groups excluding carboxylic acids is 2. The average Bonchev–Trinajstić information content (AvgIpc) is 2.49. The van der Waals surface area contributed by atoms with Crippen LogP contribution in [-0.2, 0) is 19.1 Å². The van der Waals surface area contributed by atoms with Gasteiger partial charge < -0.3 is 9.47 Å². The first-order chi connectivity index (χ1) is 10.3. The summed E-state index contributed by atoms with van der Waals surface area (Å²) in [5, 5.41) is 0. The van der Waals surface area contributed by atoms with Crippen LogP contribution in [0.5, 0.6) is 0 Å². The van der Waals surface area contributed by atoms with Crippen LogP contribution in [0.2, 0.25) is 0 Å². The quantitative estimate of drug-likeness (QED) is 0.150. The molecule has 0 aromatic carbocycles. The van der Waals surface area contributed by atoms with Gasteiger partial charge in [0.2, 0.25) is 0 Å². The Morgan fingerprint density at radius 3 is 2.05 bits per heavy atom. The lowest BCUT2D eigenvalue weighted by Crippen LogP contribution is -2.08. The molecule has 0 N–H and O–H groups in total. The van der Waals surface area contributed by atoms with Crippen LogP contribution in [0.15, 0.2) is 11.8 Å². The SMILES string of the molecule is CCCCCCCCCCCC(=O)/C(=C\C=O)OCOC. The van der Waals surface area contributed by atoms with Crippen molar-refractivity contribution in [1.29, 1.82) is 0 Å². The summed E-state index contributed by atoms with van der Waals surface area (Å²) in [6, 6.07) is 0. The largest absolute Gasteiger partial charge is 0.464 e. The maximum atomic E-state index is 11.8. The average molecular weight is 298 g/mol. The van der Waals surface area contributed by atoms with E-state index in [2.05, 4.69) is 6.92 Å². The minimum atomic E-state index is -0.123. The lowest BCUT2D eigenvalue weighted by Gasteiger charge is -2.07. The lowest BCUT2D eigenvalue weighted by molar-refractivity contribution is -0.121. The van der Waals surface area contributed by atoms with Crippen LogP contribution in [0.4, 0.5) is 0 Å². The summed E-state index contributed by atoms with van der Waals surface area (Å²) in [6.45, 7) is 2.21. The number of aldehydes is 1. The summed E-state index contributed by atoms with van der Waals surface area (Å²) < 4.78 is 9.82. The molecule has 0 aromatic rings. The zero-order valence-corrected chi connectivity index (χ0v) is 13.6. The van der Waals surface area contributed by atoms with E-state index in [0.717, 1.165) is 18.9 Å². The number of ether oxygens (including phenoxy) is 2. The summed E-state index contributed by atoms with van der Waals surface area (Å²) in [7, 11) is 1.48. The fourth-order valence-electron chi connectivity index (χ4n) is 2.13. The van der Waals surface area contributed by atoms with Gasteiger partial charge in [-0.25, -0.2) is 0 Å². The van der Waals surface area contributed by atoms with Crippen LogP contribution >= 0.6 is 0 Å². The fourth-order valence-corrected chi connectivity index (χ4v) is 2.13. The van der Waals surface area contributed by atoms with E-state index in [4.69, 9.17) is 9.47 Å². The number of methoxy groups -OCH3 is 1. The highest BCUT2D eigenvalue weighted by Crippen LogP contribution is 2.12. The first kappa shape index (κ1) is 19.8. The highest BCUT2D eigenvalue weighted by Gasteiger charge is 2.10. The van der Waals surface area contributed by atoms with Crippen LogP contribution < -0.4 is 0 Å². The van der Waals surface area contributed by atoms with Gasteiger partial charge >= 0.3 is 0 Å². The molecule has 4 heteroatoms. The lowest BCUT2D eigenvalue weighted by atomic mass is 10.1. The van der Waals surface area contributed by atoms with Crippen molar-refractivity contribution in [1.82, 2.24) is 0 Å². The van der Waals surface area contributed by atoms with Crippen LogP contribution in [0.25, 0.3) is 0 Å². The molecule has 21 heavy (non-hydrogen) atoms. The molecule has 0 radical (unpaired) electrons. The minimum Gasteiger partial charge on any atom is -0.464 e. The topological polar surface area (TPSA) is 52.6 Å². The van der Waals surface area contributed by atoms with E-state index in [1.807, 2.05) is 0 Å². The maximum absolute atomic E-state index is 11.8. The molecule has 0 amide bonds. The van der Waals surface area contributed by atoms with Gasteiger partial charge in [0, 0.05) is 19.6 Å². The molecule has 0 aliphatic carbocycles. The van der Waals surface area contributed by atoms with Gasteiger partial charge in [-0.3, -0.25) is 9.59 Å². The van der Waals surface area contributed by atoms with Gasteiger partial charge in [-0.2, -0.15) is 0 Å². The Bertz CT molecular complexity index is 297. The number of ketones is 1. The Morgan fingerprint density at radius 2 is 1.52 bits per heavy atom. The van der Waals surface area contributed by atoms with Crippen molar-refractivity contribution in [2.24, 2.45) is 0 Å². The highest BCUT2D eigenvalue weighted by atomic mass is 16.7. The fraction of sp³-hybridized carbons (Fsp3) is 0.765. The third-order valence-electron chi connectivity index (χ3n) is 3.33. The summed E-state index contributed by atoms with van der Waals surface area (Å²) in [5.41, 5.74) is 0.